The lowest BCUT2D eigenvalue weighted by Crippen LogP contribution is -2.48. The minimum atomic E-state index is -1.10. The molecule has 0 spiro atoms. The van der Waals surface area contributed by atoms with Gasteiger partial charge in [-0.25, -0.2) is 0 Å². The molecular weight excluding hydrogens is 679 g/mol. The molecule has 55 heavy (non-hydrogen) atoms. The quantitative estimate of drug-likeness (QED) is 0.0367. The molecule has 0 saturated heterocycles. The molecule has 0 aromatic heterocycles. The molecule has 5 heteroatoms. The van der Waals surface area contributed by atoms with Gasteiger partial charge >= 0.3 is 0 Å². The topological polar surface area (TPSA) is 89.8 Å². The second-order valence-corrected chi connectivity index (χ2v) is 16.7. The van der Waals surface area contributed by atoms with Gasteiger partial charge in [-0.3, -0.25) is 4.79 Å². The Hall–Kier alpha value is -1.43. The number of aliphatic hydroxyl groups is 3. The SMILES string of the molecule is CCCCCCC/C=C/CC/C=C/C(O)C(CO)NC(=O)C(O)CCCCCCCCCCCCCCCC/C=C\CCCCCCCCCCCCCC. The van der Waals surface area contributed by atoms with E-state index in [1.807, 2.05) is 6.08 Å². The molecule has 0 fully saturated rings. The maximum atomic E-state index is 12.5. The van der Waals surface area contributed by atoms with Crippen LogP contribution in [0.1, 0.15) is 251 Å². The molecule has 3 unspecified atom stereocenters. The summed E-state index contributed by atoms with van der Waals surface area (Å²) in [5.41, 5.74) is 0. The van der Waals surface area contributed by atoms with E-state index in [4.69, 9.17) is 0 Å². The number of carbonyl (C=O) groups is 1. The van der Waals surface area contributed by atoms with Crippen molar-refractivity contribution in [3.63, 3.8) is 0 Å². The van der Waals surface area contributed by atoms with E-state index in [0.717, 1.165) is 38.5 Å². The minimum Gasteiger partial charge on any atom is -0.394 e. The lowest BCUT2D eigenvalue weighted by molar-refractivity contribution is -0.131. The summed E-state index contributed by atoms with van der Waals surface area (Å²) in [6, 6.07) is -0.812. The van der Waals surface area contributed by atoms with Gasteiger partial charge in [0.1, 0.15) is 6.10 Å². The molecule has 5 nitrogen and oxygen atoms in total. The Morgan fingerprint density at radius 3 is 1.11 bits per heavy atom. The molecular formula is C50H95NO4. The van der Waals surface area contributed by atoms with Crippen LogP contribution in [0.5, 0.6) is 0 Å². The fraction of sp³-hybridized carbons (Fsp3) is 0.860. The third kappa shape index (κ3) is 40.6. The summed E-state index contributed by atoms with van der Waals surface area (Å²) in [4.78, 5) is 12.5. The van der Waals surface area contributed by atoms with Crippen molar-refractivity contribution < 1.29 is 20.1 Å². The van der Waals surface area contributed by atoms with Crippen molar-refractivity contribution >= 4 is 5.91 Å². The monoisotopic (exact) mass is 774 g/mol. The summed E-state index contributed by atoms with van der Waals surface area (Å²) >= 11 is 0. The Labute approximate surface area is 343 Å². The predicted molar refractivity (Wildman–Crippen MR) is 241 cm³/mol. The molecule has 3 atom stereocenters. The summed E-state index contributed by atoms with van der Waals surface area (Å²) < 4.78 is 0. The highest BCUT2D eigenvalue weighted by Crippen LogP contribution is 2.16. The summed E-state index contributed by atoms with van der Waals surface area (Å²) in [5, 5.41) is 33.1. The molecule has 0 radical (unpaired) electrons. The molecule has 0 aliphatic heterocycles. The van der Waals surface area contributed by atoms with Crippen LogP contribution in [0, 0.1) is 0 Å². The molecule has 0 aromatic carbocycles. The average Bonchev–Trinajstić information content (AvgIpc) is 3.19. The third-order valence-electron chi connectivity index (χ3n) is 11.2. The fourth-order valence-electron chi connectivity index (χ4n) is 7.37. The molecule has 1 amide bonds. The molecule has 324 valence electrons. The van der Waals surface area contributed by atoms with Gasteiger partial charge in [0.2, 0.25) is 5.91 Å². The molecule has 4 N–H and O–H groups in total. The Morgan fingerprint density at radius 1 is 0.436 bits per heavy atom. The van der Waals surface area contributed by atoms with E-state index in [2.05, 4.69) is 43.5 Å². The van der Waals surface area contributed by atoms with Gasteiger partial charge in [-0.2, -0.15) is 0 Å². The Kier molecular flexibility index (Phi) is 44.1. The van der Waals surface area contributed by atoms with Crippen molar-refractivity contribution in [3.8, 4) is 0 Å². The Balaban J connectivity index is 3.54. The van der Waals surface area contributed by atoms with Crippen LogP contribution < -0.4 is 5.32 Å². The van der Waals surface area contributed by atoms with Gasteiger partial charge in [0.05, 0.1) is 18.8 Å². The highest BCUT2D eigenvalue weighted by atomic mass is 16.3. The predicted octanol–water partition coefficient (Wildman–Crippen LogP) is 14.3. The van der Waals surface area contributed by atoms with Crippen molar-refractivity contribution in [2.75, 3.05) is 6.61 Å². The van der Waals surface area contributed by atoms with Crippen LogP contribution in [0.15, 0.2) is 36.5 Å². The van der Waals surface area contributed by atoms with Crippen molar-refractivity contribution in [1.29, 1.82) is 0 Å². The van der Waals surface area contributed by atoms with E-state index in [1.54, 1.807) is 6.08 Å². The van der Waals surface area contributed by atoms with E-state index in [-0.39, 0.29) is 6.61 Å². The highest BCUT2D eigenvalue weighted by molar-refractivity contribution is 5.80. The van der Waals surface area contributed by atoms with Crippen molar-refractivity contribution in [2.24, 2.45) is 0 Å². The highest BCUT2D eigenvalue weighted by Gasteiger charge is 2.22. The number of carbonyl (C=O) groups excluding carboxylic acids is 1. The van der Waals surface area contributed by atoms with E-state index in [9.17, 15) is 20.1 Å². The molecule has 0 rings (SSSR count). The second-order valence-electron chi connectivity index (χ2n) is 16.7. The van der Waals surface area contributed by atoms with Gasteiger partial charge in [0.15, 0.2) is 0 Å². The van der Waals surface area contributed by atoms with Gasteiger partial charge in [0, 0.05) is 0 Å². The van der Waals surface area contributed by atoms with Gasteiger partial charge in [-0.15, -0.1) is 0 Å². The molecule has 0 bridgehead atoms. The Morgan fingerprint density at radius 2 is 0.745 bits per heavy atom. The zero-order chi connectivity index (χ0) is 40.1. The summed E-state index contributed by atoms with van der Waals surface area (Å²) in [7, 11) is 0. The maximum Gasteiger partial charge on any atom is 0.249 e. The van der Waals surface area contributed by atoms with Crippen molar-refractivity contribution in [1.82, 2.24) is 5.32 Å². The van der Waals surface area contributed by atoms with Crippen molar-refractivity contribution in [2.45, 2.75) is 270 Å². The summed E-state index contributed by atoms with van der Waals surface area (Å²) in [6.45, 7) is 4.15. The first-order valence-electron chi connectivity index (χ1n) is 24.3. The number of hydrogen-bond acceptors (Lipinski definition) is 4. The number of nitrogens with one attached hydrogen (secondary N) is 1. The standard InChI is InChI=1S/C50H95NO4/c1-3-5-7-9-11-13-15-16-17-18-19-20-21-22-23-24-25-26-27-28-29-30-31-32-33-35-37-39-41-43-45-49(54)50(55)51-47(46-52)48(53)44-42-40-38-36-34-14-12-10-8-6-4-2/h22-23,34,36,42,44,47-49,52-54H,3-21,24-33,35,37-41,43,45-46H2,1-2H3,(H,51,55)/b23-22-,36-34+,44-42+. The smallest absolute Gasteiger partial charge is 0.249 e. The van der Waals surface area contributed by atoms with Gasteiger partial charge < -0.3 is 20.6 Å². The van der Waals surface area contributed by atoms with E-state index < -0.39 is 24.2 Å². The maximum absolute atomic E-state index is 12.5. The number of hydrogen-bond donors (Lipinski definition) is 4. The lowest BCUT2D eigenvalue weighted by atomic mass is 10.0. The van der Waals surface area contributed by atoms with Crippen LogP contribution in [0.3, 0.4) is 0 Å². The van der Waals surface area contributed by atoms with Gasteiger partial charge in [0.25, 0.3) is 0 Å². The number of unbranched alkanes of at least 4 members (excludes halogenated alkanes) is 32. The van der Waals surface area contributed by atoms with Crippen LogP contribution in [0.25, 0.3) is 0 Å². The first-order valence-corrected chi connectivity index (χ1v) is 24.3. The third-order valence-corrected chi connectivity index (χ3v) is 11.2. The summed E-state index contributed by atoms with van der Waals surface area (Å²) in [6.07, 6.45) is 57.8. The number of amides is 1. The molecule has 0 aliphatic rings. The van der Waals surface area contributed by atoms with Crippen molar-refractivity contribution in [3.05, 3.63) is 36.5 Å². The minimum absolute atomic E-state index is 0.375. The molecule has 0 aromatic rings. The molecule has 0 saturated carbocycles. The number of aliphatic hydroxyl groups excluding tert-OH is 3. The number of rotatable bonds is 44. The first kappa shape index (κ1) is 53.6. The zero-order valence-corrected chi connectivity index (χ0v) is 36.8. The van der Waals surface area contributed by atoms with Gasteiger partial charge in [-0.1, -0.05) is 230 Å². The van der Waals surface area contributed by atoms with Crippen LogP contribution in [0.2, 0.25) is 0 Å². The summed E-state index contributed by atoms with van der Waals surface area (Å²) in [5.74, 6) is -0.513. The van der Waals surface area contributed by atoms with E-state index in [1.165, 1.54) is 193 Å². The Bertz CT molecular complexity index is 855. The largest absolute Gasteiger partial charge is 0.394 e. The normalized spacial score (nSPS) is 13.8. The zero-order valence-electron chi connectivity index (χ0n) is 36.8. The van der Waals surface area contributed by atoms with Crippen LogP contribution in [0.4, 0.5) is 0 Å². The van der Waals surface area contributed by atoms with Crippen LogP contribution in [-0.2, 0) is 4.79 Å². The number of allylic oxidation sites excluding steroid dienone is 5. The van der Waals surface area contributed by atoms with E-state index in [0.29, 0.717) is 6.42 Å². The average molecular weight is 774 g/mol. The molecule has 0 heterocycles. The van der Waals surface area contributed by atoms with Crippen LogP contribution >= 0.6 is 0 Å². The van der Waals surface area contributed by atoms with E-state index >= 15 is 0 Å². The second kappa shape index (κ2) is 45.3. The lowest BCUT2D eigenvalue weighted by Gasteiger charge is -2.21. The van der Waals surface area contributed by atoms with Gasteiger partial charge in [-0.05, 0) is 57.8 Å². The van der Waals surface area contributed by atoms with Crippen LogP contribution in [-0.4, -0.2) is 46.1 Å². The molecule has 0 aliphatic carbocycles. The first-order chi connectivity index (χ1) is 27.1. The fourth-order valence-corrected chi connectivity index (χ4v) is 7.37.